The molecule has 0 N–H and O–H groups in total. The van der Waals surface area contributed by atoms with E-state index in [0.717, 1.165) is 25.7 Å². The van der Waals surface area contributed by atoms with E-state index in [2.05, 4.69) is 0 Å². The summed E-state index contributed by atoms with van der Waals surface area (Å²) < 4.78 is 6.14. The molecule has 0 aromatic heterocycles. The number of nitro groups is 1. The fraction of sp³-hybridized carbons (Fsp3) is 0.467. The molecular weight excluding hydrogens is 242 g/mol. The van der Waals surface area contributed by atoms with E-state index in [1.807, 2.05) is 18.2 Å². The fourth-order valence-electron chi connectivity index (χ4n) is 3.03. The molecule has 3 rings (SSSR count). The summed E-state index contributed by atoms with van der Waals surface area (Å²) in [5.74, 6) is 0.651. The molecule has 4 nitrogen and oxygen atoms in total. The summed E-state index contributed by atoms with van der Waals surface area (Å²) in [4.78, 5) is 10.7. The van der Waals surface area contributed by atoms with E-state index in [1.54, 1.807) is 6.07 Å². The number of rotatable bonds is 1. The van der Waals surface area contributed by atoms with Crippen molar-refractivity contribution in [3.05, 3.63) is 40.0 Å². The number of ether oxygens (including phenoxy) is 1. The van der Waals surface area contributed by atoms with Crippen LogP contribution in [0, 0.1) is 10.1 Å². The summed E-state index contributed by atoms with van der Waals surface area (Å²) in [6.45, 7) is 0. The Bertz CT molecular complexity index is 528. The van der Waals surface area contributed by atoms with Crippen molar-refractivity contribution in [1.29, 1.82) is 0 Å². The topological polar surface area (TPSA) is 52.4 Å². The number of hydrogen-bond donors (Lipinski definition) is 0. The van der Waals surface area contributed by atoms with Crippen molar-refractivity contribution >= 4 is 11.8 Å². The predicted octanol–water partition coefficient (Wildman–Crippen LogP) is 4.09. The van der Waals surface area contributed by atoms with Gasteiger partial charge in [-0.1, -0.05) is 18.9 Å². The minimum atomic E-state index is -0.350. The zero-order valence-corrected chi connectivity index (χ0v) is 10.8. The molecule has 1 aliphatic carbocycles. The first-order valence-electron chi connectivity index (χ1n) is 6.86. The first kappa shape index (κ1) is 12.2. The van der Waals surface area contributed by atoms with Crippen LogP contribution >= 0.6 is 0 Å². The highest BCUT2D eigenvalue weighted by molar-refractivity contribution is 5.69. The second-order valence-corrected chi connectivity index (χ2v) is 5.36. The van der Waals surface area contributed by atoms with Gasteiger partial charge in [0.1, 0.15) is 11.4 Å². The molecule has 0 radical (unpaired) electrons. The predicted molar refractivity (Wildman–Crippen MR) is 73.2 cm³/mol. The van der Waals surface area contributed by atoms with E-state index in [1.165, 1.54) is 18.9 Å². The van der Waals surface area contributed by atoms with Crippen LogP contribution in [0.2, 0.25) is 0 Å². The molecule has 0 amide bonds. The standard InChI is InChI=1S/C15H17NO3/c17-16(18)13-6-5-7-14-12(13)8-11-15(19-14)9-3-1-2-4-10-15/h5-8,11H,1-4,9-10H2. The summed E-state index contributed by atoms with van der Waals surface area (Å²) in [5.41, 5.74) is 0.484. The van der Waals surface area contributed by atoms with Gasteiger partial charge in [-0.05, 0) is 43.9 Å². The monoisotopic (exact) mass is 259 g/mol. The largest absolute Gasteiger partial charge is 0.482 e. The lowest BCUT2D eigenvalue weighted by molar-refractivity contribution is -0.385. The van der Waals surface area contributed by atoms with Crippen molar-refractivity contribution in [3.8, 4) is 5.75 Å². The van der Waals surface area contributed by atoms with Crippen LogP contribution in [0.15, 0.2) is 24.3 Å². The van der Waals surface area contributed by atoms with E-state index in [4.69, 9.17) is 4.74 Å². The van der Waals surface area contributed by atoms with E-state index in [0.29, 0.717) is 11.3 Å². The lowest BCUT2D eigenvalue weighted by atomic mass is 9.90. The summed E-state index contributed by atoms with van der Waals surface area (Å²) in [6.07, 6.45) is 10.7. The number of hydrogen-bond acceptors (Lipinski definition) is 3. The second kappa shape index (κ2) is 4.68. The average molecular weight is 259 g/mol. The Morgan fingerprint density at radius 2 is 1.89 bits per heavy atom. The molecule has 1 aromatic rings. The lowest BCUT2D eigenvalue weighted by Crippen LogP contribution is -2.35. The van der Waals surface area contributed by atoms with Crippen molar-refractivity contribution in [3.63, 3.8) is 0 Å². The fourth-order valence-corrected chi connectivity index (χ4v) is 3.03. The van der Waals surface area contributed by atoms with Gasteiger partial charge in [0.15, 0.2) is 0 Å². The van der Waals surface area contributed by atoms with Gasteiger partial charge in [0.05, 0.1) is 10.5 Å². The van der Waals surface area contributed by atoms with Gasteiger partial charge < -0.3 is 4.74 Å². The third-order valence-corrected chi connectivity index (χ3v) is 4.06. The Morgan fingerprint density at radius 1 is 1.16 bits per heavy atom. The molecule has 2 aliphatic rings. The third-order valence-electron chi connectivity index (χ3n) is 4.06. The molecule has 0 saturated heterocycles. The van der Waals surface area contributed by atoms with Crippen LogP contribution in [0.25, 0.3) is 6.08 Å². The molecule has 4 heteroatoms. The van der Waals surface area contributed by atoms with E-state index >= 15 is 0 Å². The van der Waals surface area contributed by atoms with Crippen LogP contribution in [-0.4, -0.2) is 10.5 Å². The quantitative estimate of drug-likeness (QED) is 0.563. The Morgan fingerprint density at radius 3 is 2.58 bits per heavy atom. The molecule has 1 aliphatic heterocycles. The summed E-state index contributed by atoms with van der Waals surface area (Å²) >= 11 is 0. The Hall–Kier alpha value is -1.84. The highest BCUT2D eigenvalue weighted by Crippen LogP contribution is 2.41. The molecule has 100 valence electrons. The number of nitrogens with zero attached hydrogens (tertiary/aromatic N) is 1. The van der Waals surface area contributed by atoms with Crippen LogP contribution in [0.3, 0.4) is 0 Å². The zero-order valence-electron chi connectivity index (χ0n) is 10.8. The molecule has 0 atom stereocenters. The molecular formula is C15H17NO3. The van der Waals surface area contributed by atoms with E-state index < -0.39 is 0 Å². The second-order valence-electron chi connectivity index (χ2n) is 5.36. The average Bonchev–Trinajstić information content (AvgIpc) is 2.63. The van der Waals surface area contributed by atoms with Crippen LogP contribution in [-0.2, 0) is 0 Å². The van der Waals surface area contributed by atoms with Gasteiger partial charge in [-0.3, -0.25) is 10.1 Å². The summed E-state index contributed by atoms with van der Waals surface area (Å²) in [5, 5.41) is 11.0. The lowest BCUT2D eigenvalue weighted by Gasteiger charge is -2.34. The Labute approximate surface area is 112 Å². The number of nitro benzene ring substituents is 1. The number of benzene rings is 1. The summed E-state index contributed by atoms with van der Waals surface area (Å²) in [7, 11) is 0. The molecule has 1 spiro atoms. The molecule has 19 heavy (non-hydrogen) atoms. The Kier molecular flexibility index (Phi) is 3.01. The van der Waals surface area contributed by atoms with Crippen LogP contribution in [0.4, 0.5) is 5.69 Å². The summed E-state index contributed by atoms with van der Waals surface area (Å²) in [6, 6.07) is 5.05. The van der Waals surface area contributed by atoms with Gasteiger partial charge in [0.2, 0.25) is 0 Å². The highest BCUT2D eigenvalue weighted by atomic mass is 16.6. The zero-order chi connectivity index (χ0) is 13.3. The van der Waals surface area contributed by atoms with Crippen LogP contribution in [0.1, 0.15) is 44.1 Å². The molecule has 0 bridgehead atoms. The molecule has 1 saturated carbocycles. The van der Waals surface area contributed by atoms with Crippen molar-refractivity contribution in [1.82, 2.24) is 0 Å². The first-order valence-corrected chi connectivity index (χ1v) is 6.86. The maximum absolute atomic E-state index is 11.0. The van der Waals surface area contributed by atoms with Gasteiger partial charge in [-0.2, -0.15) is 0 Å². The molecule has 1 aromatic carbocycles. The van der Waals surface area contributed by atoms with Crippen molar-refractivity contribution in [2.75, 3.05) is 0 Å². The highest BCUT2D eigenvalue weighted by Gasteiger charge is 2.34. The number of fused-ring (bicyclic) bond motifs is 1. The van der Waals surface area contributed by atoms with Crippen LogP contribution in [0.5, 0.6) is 5.75 Å². The minimum Gasteiger partial charge on any atom is -0.482 e. The molecule has 1 heterocycles. The maximum Gasteiger partial charge on any atom is 0.280 e. The molecule has 1 fully saturated rings. The van der Waals surface area contributed by atoms with Crippen LogP contribution < -0.4 is 4.74 Å². The SMILES string of the molecule is O=[N+]([O-])c1cccc2c1C=CC1(CCCCCC1)O2. The van der Waals surface area contributed by atoms with Crippen molar-refractivity contribution < 1.29 is 9.66 Å². The van der Waals surface area contributed by atoms with Crippen molar-refractivity contribution in [2.24, 2.45) is 0 Å². The third kappa shape index (κ3) is 2.23. The minimum absolute atomic E-state index is 0.122. The van der Waals surface area contributed by atoms with E-state index in [9.17, 15) is 10.1 Å². The van der Waals surface area contributed by atoms with E-state index in [-0.39, 0.29) is 16.2 Å². The van der Waals surface area contributed by atoms with Crippen molar-refractivity contribution in [2.45, 2.75) is 44.1 Å². The first-order chi connectivity index (χ1) is 9.20. The van der Waals surface area contributed by atoms with Gasteiger partial charge in [0, 0.05) is 6.07 Å². The maximum atomic E-state index is 11.0. The van der Waals surface area contributed by atoms with Gasteiger partial charge in [0.25, 0.3) is 5.69 Å². The Balaban J connectivity index is 1.97. The molecule has 0 unspecified atom stereocenters. The van der Waals surface area contributed by atoms with Gasteiger partial charge in [-0.15, -0.1) is 0 Å². The normalized spacial score (nSPS) is 20.4. The van der Waals surface area contributed by atoms with Gasteiger partial charge in [-0.25, -0.2) is 0 Å². The smallest absolute Gasteiger partial charge is 0.280 e. The van der Waals surface area contributed by atoms with Gasteiger partial charge >= 0.3 is 0 Å².